The van der Waals surface area contributed by atoms with Crippen LogP contribution in [0.1, 0.15) is 11.7 Å². The number of likely N-dealkylation sites (N-methyl/N-ethyl adjacent to an activating group) is 1. The van der Waals surface area contributed by atoms with Gasteiger partial charge in [-0.3, -0.25) is 0 Å². The minimum atomic E-state index is -0.537. The van der Waals surface area contributed by atoms with Crippen molar-refractivity contribution >= 4 is 17.3 Å². The van der Waals surface area contributed by atoms with Gasteiger partial charge in [0.25, 0.3) is 0 Å². The number of aliphatic hydroxyl groups is 1. The van der Waals surface area contributed by atoms with Crippen molar-refractivity contribution in [3.8, 4) is 0 Å². The van der Waals surface area contributed by atoms with Gasteiger partial charge >= 0.3 is 0 Å². The molecule has 1 aromatic rings. The van der Waals surface area contributed by atoms with Crippen LogP contribution in [0.15, 0.2) is 43.0 Å². The summed E-state index contributed by atoms with van der Waals surface area (Å²) in [5.74, 6) is 0. The van der Waals surface area contributed by atoms with Crippen molar-refractivity contribution in [2.45, 2.75) is 6.10 Å². The first kappa shape index (κ1) is 13.7. The molecule has 4 heteroatoms. The molecular weight excluding hydrogens is 232 g/mol. The van der Waals surface area contributed by atoms with E-state index in [9.17, 15) is 5.11 Å². The minimum absolute atomic E-state index is 0.465. The Morgan fingerprint density at radius 3 is 2.76 bits per heavy atom. The zero-order valence-electron chi connectivity index (χ0n) is 9.97. The topological polar surface area (TPSA) is 35.5 Å². The molecule has 0 saturated heterocycles. The van der Waals surface area contributed by atoms with Gasteiger partial charge in [0.05, 0.1) is 6.10 Å². The lowest BCUT2D eigenvalue weighted by Crippen LogP contribution is -2.39. The van der Waals surface area contributed by atoms with Crippen molar-refractivity contribution in [2.75, 3.05) is 20.1 Å². The predicted octanol–water partition coefficient (Wildman–Crippen LogP) is 1.71. The van der Waals surface area contributed by atoms with E-state index in [4.69, 9.17) is 12.2 Å². The Morgan fingerprint density at radius 1 is 1.53 bits per heavy atom. The lowest BCUT2D eigenvalue weighted by molar-refractivity contribution is 0.151. The molecular formula is C13H18N2OS. The monoisotopic (exact) mass is 250 g/mol. The second-order valence-electron chi connectivity index (χ2n) is 3.78. The lowest BCUT2D eigenvalue weighted by Gasteiger charge is -2.23. The lowest BCUT2D eigenvalue weighted by atomic mass is 10.1. The second-order valence-corrected chi connectivity index (χ2v) is 4.17. The van der Waals surface area contributed by atoms with E-state index < -0.39 is 6.10 Å². The molecule has 0 bridgehead atoms. The molecule has 0 radical (unpaired) electrons. The number of hydrogen-bond donors (Lipinski definition) is 2. The summed E-state index contributed by atoms with van der Waals surface area (Å²) >= 11 is 5.17. The highest BCUT2D eigenvalue weighted by Crippen LogP contribution is 2.12. The van der Waals surface area contributed by atoms with Crippen molar-refractivity contribution in [3.05, 3.63) is 48.6 Å². The average molecular weight is 250 g/mol. The van der Waals surface area contributed by atoms with Crippen molar-refractivity contribution in [3.63, 3.8) is 0 Å². The molecule has 0 amide bonds. The SMILES string of the molecule is C=CCNC(=S)N(C)CC(O)c1ccccc1. The van der Waals surface area contributed by atoms with Gasteiger partial charge in [0.1, 0.15) is 0 Å². The second kappa shape index (κ2) is 7.04. The van der Waals surface area contributed by atoms with Crippen LogP contribution in [-0.2, 0) is 0 Å². The Bertz CT molecular complexity index is 367. The van der Waals surface area contributed by atoms with Crippen molar-refractivity contribution in [1.82, 2.24) is 10.2 Å². The van der Waals surface area contributed by atoms with E-state index in [-0.39, 0.29) is 0 Å². The third kappa shape index (κ3) is 4.54. The number of rotatable bonds is 5. The molecule has 92 valence electrons. The minimum Gasteiger partial charge on any atom is -0.387 e. The summed E-state index contributed by atoms with van der Waals surface area (Å²) < 4.78 is 0. The van der Waals surface area contributed by atoms with Crippen LogP contribution in [0.5, 0.6) is 0 Å². The maximum absolute atomic E-state index is 10.0. The molecule has 1 aromatic carbocycles. The molecule has 0 aromatic heterocycles. The molecule has 3 nitrogen and oxygen atoms in total. The normalized spacial score (nSPS) is 11.6. The number of benzene rings is 1. The Balaban J connectivity index is 2.48. The molecule has 0 aliphatic heterocycles. The summed E-state index contributed by atoms with van der Waals surface area (Å²) in [5.41, 5.74) is 0.894. The third-order valence-corrected chi connectivity index (χ3v) is 2.83. The van der Waals surface area contributed by atoms with Gasteiger partial charge in [-0.25, -0.2) is 0 Å². The summed E-state index contributed by atoms with van der Waals surface area (Å²) in [5, 5.41) is 13.6. The number of thiocarbonyl (C=S) groups is 1. The van der Waals surface area contributed by atoms with Crippen LogP contribution in [0, 0.1) is 0 Å². The molecule has 0 fully saturated rings. The van der Waals surface area contributed by atoms with E-state index >= 15 is 0 Å². The Hall–Kier alpha value is -1.39. The van der Waals surface area contributed by atoms with E-state index in [0.29, 0.717) is 18.2 Å². The van der Waals surface area contributed by atoms with Gasteiger partial charge in [-0.15, -0.1) is 6.58 Å². The van der Waals surface area contributed by atoms with E-state index in [0.717, 1.165) is 5.56 Å². The maximum atomic E-state index is 10.0. The van der Waals surface area contributed by atoms with Crippen LogP contribution in [0.3, 0.4) is 0 Å². The molecule has 1 rings (SSSR count). The largest absolute Gasteiger partial charge is 0.387 e. The first-order chi connectivity index (χ1) is 8.15. The first-order valence-electron chi connectivity index (χ1n) is 5.48. The fourth-order valence-electron chi connectivity index (χ4n) is 1.42. The van der Waals surface area contributed by atoms with Gasteiger partial charge in [0.15, 0.2) is 5.11 Å². The van der Waals surface area contributed by atoms with Crippen LogP contribution in [0.4, 0.5) is 0 Å². The Kier molecular flexibility index (Phi) is 5.66. The summed E-state index contributed by atoms with van der Waals surface area (Å²) in [6, 6.07) is 9.55. The van der Waals surface area contributed by atoms with Crippen LogP contribution >= 0.6 is 12.2 Å². The molecule has 2 N–H and O–H groups in total. The summed E-state index contributed by atoms with van der Waals surface area (Å²) in [6.45, 7) is 4.71. The highest BCUT2D eigenvalue weighted by atomic mass is 32.1. The fraction of sp³-hybridized carbons (Fsp3) is 0.308. The predicted molar refractivity (Wildman–Crippen MR) is 74.8 cm³/mol. The maximum Gasteiger partial charge on any atom is 0.169 e. The standard InChI is InChI=1S/C13H18N2OS/c1-3-9-14-13(17)15(2)10-12(16)11-7-5-4-6-8-11/h3-8,12,16H,1,9-10H2,2H3,(H,14,17). The zero-order chi connectivity index (χ0) is 12.7. The smallest absolute Gasteiger partial charge is 0.169 e. The molecule has 1 atom stereocenters. The fourth-order valence-corrected chi connectivity index (χ4v) is 1.58. The molecule has 0 heterocycles. The van der Waals surface area contributed by atoms with E-state index in [1.165, 1.54) is 0 Å². The van der Waals surface area contributed by atoms with E-state index in [2.05, 4.69) is 11.9 Å². The van der Waals surface area contributed by atoms with E-state index in [1.807, 2.05) is 42.3 Å². The van der Waals surface area contributed by atoms with Gasteiger partial charge < -0.3 is 15.3 Å². The summed E-state index contributed by atoms with van der Waals surface area (Å²) in [6.07, 6.45) is 1.21. The average Bonchev–Trinajstić information content (AvgIpc) is 2.36. The van der Waals surface area contributed by atoms with Crippen LogP contribution in [0.25, 0.3) is 0 Å². The molecule has 0 aliphatic rings. The van der Waals surface area contributed by atoms with Gasteiger partial charge in [-0.2, -0.15) is 0 Å². The molecule has 1 unspecified atom stereocenters. The highest BCUT2D eigenvalue weighted by Gasteiger charge is 2.11. The van der Waals surface area contributed by atoms with Gasteiger partial charge in [-0.1, -0.05) is 36.4 Å². The van der Waals surface area contributed by atoms with Crippen LogP contribution < -0.4 is 5.32 Å². The summed E-state index contributed by atoms with van der Waals surface area (Å²) in [7, 11) is 1.85. The van der Waals surface area contributed by atoms with Crippen molar-refractivity contribution in [2.24, 2.45) is 0 Å². The van der Waals surface area contributed by atoms with E-state index in [1.54, 1.807) is 6.08 Å². The molecule has 0 spiro atoms. The molecule has 0 saturated carbocycles. The van der Waals surface area contributed by atoms with Crippen molar-refractivity contribution in [1.29, 1.82) is 0 Å². The van der Waals surface area contributed by atoms with Crippen LogP contribution in [0.2, 0.25) is 0 Å². The number of nitrogens with one attached hydrogen (secondary N) is 1. The molecule has 0 aliphatic carbocycles. The Morgan fingerprint density at radius 2 is 2.18 bits per heavy atom. The molecule has 17 heavy (non-hydrogen) atoms. The highest BCUT2D eigenvalue weighted by molar-refractivity contribution is 7.80. The van der Waals surface area contributed by atoms with Gasteiger partial charge in [-0.05, 0) is 17.8 Å². The number of hydrogen-bond acceptors (Lipinski definition) is 2. The summed E-state index contributed by atoms with van der Waals surface area (Å²) in [4.78, 5) is 1.82. The number of aliphatic hydroxyl groups excluding tert-OH is 1. The van der Waals surface area contributed by atoms with Gasteiger partial charge in [0.2, 0.25) is 0 Å². The van der Waals surface area contributed by atoms with Crippen molar-refractivity contribution < 1.29 is 5.11 Å². The van der Waals surface area contributed by atoms with Crippen LogP contribution in [-0.4, -0.2) is 35.3 Å². The van der Waals surface area contributed by atoms with Gasteiger partial charge in [0, 0.05) is 20.1 Å². The third-order valence-electron chi connectivity index (χ3n) is 2.38. The quantitative estimate of drug-likeness (QED) is 0.616. The zero-order valence-corrected chi connectivity index (χ0v) is 10.8. The number of nitrogens with zero attached hydrogens (tertiary/aromatic N) is 1. The first-order valence-corrected chi connectivity index (χ1v) is 5.89. The Labute approximate surface area is 108 Å².